The Morgan fingerprint density at radius 2 is 1.76 bits per heavy atom. The largest absolute Gasteiger partial charge is 0.478 e. The first-order valence-electron chi connectivity index (χ1n) is 5.61. The van der Waals surface area contributed by atoms with E-state index in [9.17, 15) is 17.6 Å². The molecule has 0 amide bonds. The van der Waals surface area contributed by atoms with Gasteiger partial charge in [-0.1, -0.05) is 0 Å². The SMILES string of the molecule is O=C(O)c1cc(S(=O)(=O)Nc2ccc(F)cc2)ccc1Br. The van der Waals surface area contributed by atoms with Crippen LogP contribution in [0.15, 0.2) is 51.8 Å². The van der Waals surface area contributed by atoms with Crippen molar-refractivity contribution in [1.82, 2.24) is 0 Å². The van der Waals surface area contributed by atoms with E-state index in [1.54, 1.807) is 0 Å². The lowest BCUT2D eigenvalue weighted by atomic mass is 10.2. The van der Waals surface area contributed by atoms with E-state index in [2.05, 4.69) is 20.7 Å². The summed E-state index contributed by atoms with van der Waals surface area (Å²) in [5.41, 5.74) is 0.00757. The van der Waals surface area contributed by atoms with Gasteiger partial charge in [-0.25, -0.2) is 17.6 Å². The van der Waals surface area contributed by atoms with Crippen molar-refractivity contribution in [3.8, 4) is 0 Å². The van der Waals surface area contributed by atoms with E-state index in [-0.39, 0.29) is 20.6 Å². The number of hydrogen-bond donors (Lipinski definition) is 2. The lowest BCUT2D eigenvalue weighted by molar-refractivity contribution is 0.0695. The lowest BCUT2D eigenvalue weighted by Gasteiger charge is -2.09. The van der Waals surface area contributed by atoms with Crippen molar-refractivity contribution >= 4 is 37.6 Å². The highest BCUT2D eigenvalue weighted by Gasteiger charge is 2.18. The minimum Gasteiger partial charge on any atom is -0.478 e. The number of nitrogens with one attached hydrogen (secondary N) is 1. The maximum absolute atomic E-state index is 12.8. The molecule has 2 rings (SSSR count). The molecule has 2 N–H and O–H groups in total. The number of halogens is 2. The van der Waals surface area contributed by atoms with Gasteiger partial charge < -0.3 is 5.11 Å². The van der Waals surface area contributed by atoms with Gasteiger partial charge in [-0.05, 0) is 58.4 Å². The van der Waals surface area contributed by atoms with Gasteiger partial charge in [0.05, 0.1) is 10.5 Å². The first-order valence-corrected chi connectivity index (χ1v) is 7.88. The number of aromatic carboxylic acids is 1. The number of hydrogen-bond acceptors (Lipinski definition) is 3. The topological polar surface area (TPSA) is 83.5 Å². The molecule has 0 fully saturated rings. The summed E-state index contributed by atoms with van der Waals surface area (Å²) >= 11 is 3.03. The van der Waals surface area contributed by atoms with Crippen LogP contribution in [-0.4, -0.2) is 19.5 Å². The van der Waals surface area contributed by atoms with E-state index in [1.807, 2.05) is 0 Å². The predicted molar refractivity (Wildman–Crippen MR) is 78.3 cm³/mol. The fraction of sp³-hybridized carbons (Fsp3) is 0. The molecule has 0 saturated carbocycles. The molecule has 0 heterocycles. The van der Waals surface area contributed by atoms with Gasteiger partial charge in [-0.3, -0.25) is 4.72 Å². The highest BCUT2D eigenvalue weighted by atomic mass is 79.9. The van der Waals surface area contributed by atoms with E-state index >= 15 is 0 Å². The highest BCUT2D eigenvalue weighted by molar-refractivity contribution is 9.10. The molecule has 5 nitrogen and oxygen atoms in total. The Balaban J connectivity index is 2.38. The molecule has 8 heteroatoms. The molecule has 0 unspecified atom stereocenters. The maximum atomic E-state index is 12.8. The van der Waals surface area contributed by atoms with Crippen LogP contribution in [0.1, 0.15) is 10.4 Å². The molecule has 110 valence electrons. The Hall–Kier alpha value is -1.93. The van der Waals surface area contributed by atoms with E-state index in [0.717, 1.165) is 18.2 Å². The van der Waals surface area contributed by atoms with Crippen LogP contribution in [0.25, 0.3) is 0 Å². The number of benzene rings is 2. The van der Waals surface area contributed by atoms with E-state index < -0.39 is 21.8 Å². The van der Waals surface area contributed by atoms with Crippen LogP contribution in [0.2, 0.25) is 0 Å². The van der Waals surface area contributed by atoms with Crippen molar-refractivity contribution in [3.63, 3.8) is 0 Å². The molecule has 21 heavy (non-hydrogen) atoms. The van der Waals surface area contributed by atoms with E-state index in [0.29, 0.717) is 0 Å². The zero-order chi connectivity index (χ0) is 15.6. The van der Waals surface area contributed by atoms with Crippen molar-refractivity contribution in [1.29, 1.82) is 0 Å². The standard InChI is InChI=1S/C13H9BrFNO4S/c14-12-6-5-10(7-11(12)13(17)18)21(19,20)16-9-3-1-8(15)2-4-9/h1-7,16H,(H,17,18). The second-order valence-electron chi connectivity index (χ2n) is 4.06. The summed E-state index contributed by atoms with van der Waals surface area (Å²) in [6.07, 6.45) is 0. The molecule has 0 aliphatic rings. The van der Waals surface area contributed by atoms with Crippen LogP contribution in [0, 0.1) is 5.82 Å². The summed E-state index contributed by atoms with van der Waals surface area (Å²) < 4.78 is 39.6. The molecule has 0 aromatic heterocycles. The first-order chi connectivity index (χ1) is 9.79. The number of rotatable bonds is 4. The van der Waals surface area contributed by atoms with Crippen LogP contribution < -0.4 is 4.72 Å². The monoisotopic (exact) mass is 373 g/mol. The van der Waals surface area contributed by atoms with Crippen LogP contribution in [0.4, 0.5) is 10.1 Å². The fourth-order valence-electron chi connectivity index (χ4n) is 1.57. The minimum atomic E-state index is -3.96. The van der Waals surface area contributed by atoms with Gasteiger partial charge in [-0.2, -0.15) is 0 Å². The Morgan fingerprint density at radius 3 is 2.33 bits per heavy atom. The summed E-state index contributed by atoms with van der Waals surface area (Å²) in [5.74, 6) is -1.74. The highest BCUT2D eigenvalue weighted by Crippen LogP contribution is 2.23. The normalized spacial score (nSPS) is 11.1. The van der Waals surface area contributed by atoms with Crippen molar-refractivity contribution in [3.05, 3.63) is 58.3 Å². The van der Waals surface area contributed by atoms with Gasteiger partial charge in [-0.15, -0.1) is 0 Å². The van der Waals surface area contributed by atoms with E-state index in [4.69, 9.17) is 5.11 Å². The Labute approximate surface area is 128 Å². The molecule has 0 saturated heterocycles. The van der Waals surface area contributed by atoms with Gasteiger partial charge in [0.1, 0.15) is 5.82 Å². The van der Waals surface area contributed by atoms with Gasteiger partial charge in [0, 0.05) is 10.2 Å². The van der Waals surface area contributed by atoms with Gasteiger partial charge in [0.25, 0.3) is 10.0 Å². The third-order valence-electron chi connectivity index (χ3n) is 2.57. The smallest absolute Gasteiger partial charge is 0.336 e. The fourth-order valence-corrected chi connectivity index (χ4v) is 3.07. The third kappa shape index (κ3) is 3.59. The Morgan fingerprint density at radius 1 is 1.14 bits per heavy atom. The molecule has 0 aliphatic carbocycles. The maximum Gasteiger partial charge on any atom is 0.336 e. The summed E-state index contributed by atoms with van der Waals surface area (Å²) in [4.78, 5) is 10.8. The average molecular weight is 374 g/mol. The van der Waals surface area contributed by atoms with Crippen LogP contribution in [0.5, 0.6) is 0 Å². The van der Waals surface area contributed by atoms with Crippen LogP contribution >= 0.6 is 15.9 Å². The minimum absolute atomic E-state index is 0.169. The van der Waals surface area contributed by atoms with Gasteiger partial charge in [0.15, 0.2) is 0 Å². The summed E-state index contributed by atoms with van der Waals surface area (Å²) in [6.45, 7) is 0. The molecule has 2 aromatic carbocycles. The first kappa shape index (κ1) is 15.5. The zero-order valence-corrected chi connectivity index (χ0v) is 12.8. The lowest BCUT2D eigenvalue weighted by Crippen LogP contribution is -2.14. The molecule has 0 spiro atoms. The molecular formula is C13H9BrFNO4S. The molecule has 0 bridgehead atoms. The molecule has 0 aliphatic heterocycles. The second kappa shape index (κ2) is 5.82. The summed E-state index contributed by atoms with van der Waals surface area (Å²) in [5, 5.41) is 8.99. The Bertz CT molecular complexity index is 790. The zero-order valence-electron chi connectivity index (χ0n) is 10.4. The molecule has 0 atom stereocenters. The van der Waals surface area contributed by atoms with Gasteiger partial charge >= 0.3 is 5.97 Å². The number of sulfonamides is 1. The Kier molecular flexibility index (Phi) is 4.29. The molecule has 0 radical (unpaired) electrons. The number of carboxylic acids is 1. The second-order valence-corrected chi connectivity index (χ2v) is 6.60. The van der Waals surface area contributed by atoms with Crippen molar-refractivity contribution in [2.45, 2.75) is 4.90 Å². The summed E-state index contributed by atoms with van der Waals surface area (Å²) in [6, 6.07) is 8.40. The van der Waals surface area contributed by atoms with Crippen LogP contribution in [0.3, 0.4) is 0 Å². The molecule has 2 aromatic rings. The predicted octanol–water partition coefficient (Wildman–Crippen LogP) is 3.09. The van der Waals surface area contributed by atoms with Crippen molar-refractivity contribution < 1.29 is 22.7 Å². The van der Waals surface area contributed by atoms with Crippen LogP contribution in [-0.2, 0) is 10.0 Å². The number of carbonyl (C=O) groups is 1. The molecular weight excluding hydrogens is 365 g/mol. The third-order valence-corrected chi connectivity index (χ3v) is 4.65. The van der Waals surface area contributed by atoms with Crippen molar-refractivity contribution in [2.24, 2.45) is 0 Å². The summed E-state index contributed by atoms with van der Waals surface area (Å²) in [7, 11) is -3.96. The average Bonchev–Trinajstić information content (AvgIpc) is 2.41. The van der Waals surface area contributed by atoms with E-state index in [1.165, 1.54) is 24.3 Å². The van der Waals surface area contributed by atoms with Crippen molar-refractivity contribution in [2.75, 3.05) is 4.72 Å². The number of anilines is 1. The quantitative estimate of drug-likeness (QED) is 0.862. The van der Waals surface area contributed by atoms with Gasteiger partial charge in [0.2, 0.25) is 0 Å². The number of carboxylic acid groups (broad SMARTS) is 1.